The van der Waals surface area contributed by atoms with Crippen LogP contribution in [0, 0.1) is 18.7 Å². The summed E-state index contributed by atoms with van der Waals surface area (Å²) in [6.07, 6.45) is 4.63. The molecule has 0 aliphatic carbocycles. The van der Waals surface area contributed by atoms with Crippen molar-refractivity contribution in [3.63, 3.8) is 0 Å². The van der Waals surface area contributed by atoms with Gasteiger partial charge in [0.05, 0.1) is 18.3 Å². The van der Waals surface area contributed by atoms with E-state index in [0.717, 1.165) is 11.1 Å². The van der Waals surface area contributed by atoms with E-state index >= 15 is 0 Å². The molecule has 1 saturated heterocycles. The van der Waals surface area contributed by atoms with Gasteiger partial charge in [0.15, 0.2) is 0 Å². The monoisotopic (exact) mass is 424 g/mol. The number of carbonyl (C=O) groups is 1. The number of carbonyl (C=O) groups excluding carboxylic acids is 1. The average Bonchev–Trinajstić information content (AvgIpc) is 3.33. The van der Waals surface area contributed by atoms with Crippen LogP contribution in [0.25, 0.3) is 5.69 Å². The van der Waals surface area contributed by atoms with Gasteiger partial charge in [0.25, 0.3) is 0 Å². The van der Waals surface area contributed by atoms with Crippen LogP contribution in [0.1, 0.15) is 37.9 Å². The van der Waals surface area contributed by atoms with Crippen molar-refractivity contribution in [1.29, 1.82) is 0 Å². The summed E-state index contributed by atoms with van der Waals surface area (Å²) in [4.78, 5) is 22.5. The third-order valence-electron chi connectivity index (χ3n) is 5.34. The van der Waals surface area contributed by atoms with Gasteiger partial charge in [-0.2, -0.15) is 10.1 Å². The minimum Gasteiger partial charge on any atom is -0.447 e. The molecule has 3 heterocycles. The molecule has 0 bridgehead atoms. The van der Waals surface area contributed by atoms with Gasteiger partial charge >= 0.3 is 6.09 Å². The molecule has 31 heavy (non-hydrogen) atoms. The van der Waals surface area contributed by atoms with Crippen LogP contribution in [-0.4, -0.2) is 38.5 Å². The van der Waals surface area contributed by atoms with Gasteiger partial charge < -0.3 is 10.1 Å². The Labute approximate surface area is 180 Å². The zero-order valence-corrected chi connectivity index (χ0v) is 17.9. The van der Waals surface area contributed by atoms with E-state index in [1.165, 1.54) is 10.7 Å². The fraction of sp³-hybridized carbons (Fsp3) is 0.364. The first-order valence-corrected chi connectivity index (χ1v) is 10.2. The molecule has 0 radical (unpaired) electrons. The smallest absolute Gasteiger partial charge is 0.415 e. The van der Waals surface area contributed by atoms with Crippen molar-refractivity contribution in [1.82, 2.24) is 19.7 Å². The predicted octanol–water partition coefficient (Wildman–Crippen LogP) is 4.26. The molecule has 2 aromatic heterocycles. The van der Waals surface area contributed by atoms with Gasteiger partial charge in [0.2, 0.25) is 5.95 Å². The van der Waals surface area contributed by atoms with Crippen LogP contribution in [-0.2, 0) is 4.74 Å². The second kappa shape index (κ2) is 8.33. The van der Waals surface area contributed by atoms with Crippen LogP contribution in [0.15, 0.2) is 42.9 Å². The SMILES string of the molecule is Cc1cnn(-c2ccc([C@@H](C)Nc3nccc(N4C(=O)OCC4C(C)C)n3)cc2F)c1. The lowest BCUT2D eigenvalue weighted by atomic mass is 10.0. The van der Waals surface area contributed by atoms with Crippen molar-refractivity contribution in [3.8, 4) is 5.69 Å². The topological polar surface area (TPSA) is 85.2 Å². The second-order valence-electron chi connectivity index (χ2n) is 8.04. The molecule has 1 aliphatic heterocycles. The number of benzene rings is 1. The molecule has 1 aliphatic rings. The van der Waals surface area contributed by atoms with E-state index in [4.69, 9.17) is 4.74 Å². The lowest BCUT2D eigenvalue weighted by molar-refractivity contribution is 0.177. The maximum atomic E-state index is 14.7. The number of hydrogen-bond acceptors (Lipinski definition) is 6. The molecule has 3 aromatic rings. The zero-order chi connectivity index (χ0) is 22.1. The summed E-state index contributed by atoms with van der Waals surface area (Å²) in [6, 6.07) is 6.34. The average molecular weight is 424 g/mol. The number of halogens is 1. The van der Waals surface area contributed by atoms with Crippen LogP contribution in [0.3, 0.4) is 0 Å². The first kappa shape index (κ1) is 20.8. The maximum Gasteiger partial charge on any atom is 0.415 e. The van der Waals surface area contributed by atoms with Crippen LogP contribution in [0.4, 0.5) is 21.0 Å². The van der Waals surface area contributed by atoms with Crippen molar-refractivity contribution >= 4 is 17.9 Å². The van der Waals surface area contributed by atoms with E-state index in [0.29, 0.717) is 24.1 Å². The van der Waals surface area contributed by atoms with Crippen LogP contribution < -0.4 is 10.2 Å². The third kappa shape index (κ3) is 4.21. The number of cyclic esters (lactones) is 1. The number of aromatic nitrogens is 4. The molecule has 4 rings (SSSR count). The normalized spacial score (nSPS) is 17.2. The lowest BCUT2D eigenvalue weighted by Gasteiger charge is -2.23. The van der Waals surface area contributed by atoms with Gasteiger partial charge in [-0.3, -0.25) is 4.90 Å². The van der Waals surface area contributed by atoms with Gasteiger partial charge in [0, 0.05) is 12.4 Å². The number of nitrogens with zero attached hydrogens (tertiary/aromatic N) is 5. The fourth-order valence-electron chi connectivity index (χ4n) is 3.54. The van der Waals surface area contributed by atoms with Crippen molar-refractivity contribution < 1.29 is 13.9 Å². The van der Waals surface area contributed by atoms with E-state index < -0.39 is 6.09 Å². The van der Waals surface area contributed by atoms with Crippen molar-refractivity contribution in [2.24, 2.45) is 5.92 Å². The lowest BCUT2D eigenvalue weighted by Crippen LogP contribution is -2.37. The molecule has 0 saturated carbocycles. The first-order valence-electron chi connectivity index (χ1n) is 10.2. The van der Waals surface area contributed by atoms with Crippen molar-refractivity contribution in [3.05, 3.63) is 59.8 Å². The Morgan fingerprint density at radius 2 is 2.06 bits per heavy atom. The minimum atomic E-state index is -0.414. The summed E-state index contributed by atoms with van der Waals surface area (Å²) < 4.78 is 21.4. The molecular weight excluding hydrogens is 399 g/mol. The fourth-order valence-corrected chi connectivity index (χ4v) is 3.54. The predicted molar refractivity (Wildman–Crippen MR) is 115 cm³/mol. The molecule has 1 amide bonds. The quantitative estimate of drug-likeness (QED) is 0.636. The van der Waals surface area contributed by atoms with E-state index in [1.54, 1.807) is 35.6 Å². The third-order valence-corrected chi connectivity index (χ3v) is 5.34. The van der Waals surface area contributed by atoms with Crippen LogP contribution in [0.5, 0.6) is 0 Å². The summed E-state index contributed by atoms with van der Waals surface area (Å²) >= 11 is 0. The largest absolute Gasteiger partial charge is 0.447 e. The molecular formula is C22H25FN6O2. The number of hydrogen-bond donors (Lipinski definition) is 1. The van der Waals surface area contributed by atoms with Crippen LogP contribution >= 0.6 is 0 Å². The highest BCUT2D eigenvalue weighted by Crippen LogP contribution is 2.27. The summed E-state index contributed by atoms with van der Waals surface area (Å²) in [6.45, 7) is 8.20. The van der Waals surface area contributed by atoms with Gasteiger partial charge in [-0.1, -0.05) is 19.9 Å². The molecule has 1 unspecified atom stereocenters. The summed E-state index contributed by atoms with van der Waals surface area (Å²) in [5, 5.41) is 7.34. The van der Waals surface area contributed by atoms with Crippen LogP contribution in [0.2, 0.25) is 0 Å². The number of anilines is 2. The van der Waals surface area contributed by atoms with Crippen molar-refractivity contribution in [2.45, 2.75) is 39.8 Å². The Morgan fingerprint density at radius 3 is 2.74 bits per heavy atom. The maximum absolute atomic E-state index is 14.7. The Balaban J connectivity index is 1.53. The van der Waals surface area contributed by atoms with Gasteiger partial charge in [-0.25, -0.2) is 18.9 Å². The summed E-state index contributed by atoms with van der Waals surface area (Å²) in [5.74, 6) is 0.668. The van der Waals surface area contributed by atoms with E-state index in [1.807, 2.05) is 33.8 Å². The number of amides is 1. The summed E-state index contributed by atoms with van der Waals surface area (Å²) in [5.41, 5.74) is 2.08. The molecule has 1 N–H and O–H groups in total. The van der Waals surface area contributed by atoms with Gasteiger partial charge in [-0.05, 0) is 49.1 Å². The highest BCUT2D eigenvalue weighted by molar-refractivity contribution is 5.89. The number of nitrogens with one attached hydrogen (secondary N) is 1. The molecule has 1 fully saturated rings. The highest BCUT2D eigenvalue weighted by atomic mass is 19.1. The Hall–Kier alpha value is -3.49. The Kier molecular flexibility index (Phi) is 5.58. The molecule has 162 valence electrons. The molecule has 2 atom stereocenters. The molecule has 1 aromatic carbocycles. The molecule has 9 heteroatoms. The van der Waals surface area contributed by atoms with E-state index in [9.17, 15) is 9.18 Å². The number of aryl methyl sites for hydroxylation is 1. The van der Waals surface area contributed by atoms with Gasteiger partial charge in [0.1, 0.15) is 23.9 Å². The van der Waals surface area contributed by atoms with E-state index in [-0.39, 0.29) is 23.8 Å². The van der Waals surface area contributed by atoms with E-state index in [2.05, 4.69) is 20.4 Å². The second-order valence-corrected chi connectivity index (χ2v) is 8.04. The molecule has 0 spiro atoms. The minimum absolute atomic E-state index is 0.0831. The Morgan fingerprint density at radius 1 is 1.26 bits per heavy atom. The Bertz CT molecular complexity index is 1100. The summed E-state index contributed by atoms with van der Waals surface area (Å²) in [7, 11) is 0. The van der Waals surface area contributed by atoms with Gasteiger partial charge in [-0.15, -0.1) is 0 Å². The molecule has 8 nitrogen and oxygen atoms in total. The first-order chi connectivity index (χ1) is 14.8. The number of ether oxygens (including phenoxy) is 1. The number of rotatable bonds is 6. The standard InChI is InChI=1S/C22H25FN6O2/c1-13(2)19-12-31-22(30)29(19)20-7-8-24-21(27-20)26-15(4)16-5-6-18(17(23)9-16)28-11-14(3)10-25-28/h5-11,13,15,19H,12H2,1-4H3,(H,24,26,27)/t15-,19?/m1/s1. The highest BCUT2D eigenvalue weighted by Gasteiger charge is 2.37. The van der Waals surface area contributed by atoms with Crippen molar-refractivity contribution in [2.75, 3.05) is 16.8 Å². The zero-order valence-electron chi connectivity index (χ0n) is 17.9.